The van der Waals surface area contributed by atoms with E-state index in [0.29, 0.717) is 12.0 Å². The molecule has 0 spiro atoms. The number of nitrogens with two attached hydrogens (primary N) is 1. The van der Waals surface area contributed by atoms with Crippen LogP contribution in [0.2, 0.25) is 4.34 Å². The van der Waals surface area contributed by atoms with Crippen LogP contribution in [0.1, 0.15) is 23.9 Å². The van der Waals surface area contributed by atoms with Crippen LogP contribution in [-0.2, 0) is 0 Å². The number of aromatic nitrogens is 1. The zero-order chi connectivity index (χ0) is 10.8. The molecule has 1 fully saturated rings. The third kappa shape index (κ3) is 2.33. The first-order chi connectivity index (χ1) is 7.22. The van der Waals surface area contributed by atoms with Gasteiger partial charge in [-0.1, -0.05) is 11.6 Å². The Labute approximate surface area is 99.2 Å². The predicted octanol–water partition coefficient (Wildman–Crippen LogP) is 2.14. The highest BCUT2D eigenvalue weighted by Crippen LogP contribution is 2.37. The van der Waals surface area contributed by atoms with E-state index in [4.69, 9.17) is 17.3 Å². The Balaban J connectivity index is 2.22. The van der Waals surface area contributed by atoms with Crippen molar-refractivity contribution in [3.8, 4) is 0 Å². The van der Waals surface area contributed by atoms with E-state index in [1.165, 1.54) is 12.8 Å². The average molecular weight is 246 g/mol. The molecule has 3 nitrogen and oxygen atoms in total. The highest BCUT2D eigenvalue weighted by Gasteiger charge is 2.31. The highest BCUT2D eigenvalue weighted by atomic mass is 35.5. The summed E-state index contributed by atoms with van der Waals surface area (Å²) in [6.45, 7) is 1.85. The fourth-order valence-corrected chi connectivity index (χ4v) is 3.49. The molecule has 15 heavy (non-hydrogen) atoms. The van der Waals surface area contributed by atoms with Crippen LogP contribution < -0.4 is 5.73 Å². The van der Waals surface area contributed by atoms with Gasteiger partial charge in [-0.3, -0.25) is 4.90 Å². The molecule has 2 unspecified atom stereocenters. The quantitative estimate of drug-likeness (QED) is 0.868. The van der Waals surface area contributed by atoms with E-state index in [0.717, 1.165) is 22.4 Å². The fraction of sp³-hybridized carbons (Fsp3) is 0.700. The van der Waals surface area contributed by atoms with Crippen molar-refractivity contribution in [1.82, 2.24) is 9.88 Å². The lowest BCUT2D eigenvalue weighted by atomic mass is 9.90. The fourth-order valence-electron chi connectivity index (χ4n) is 2.30. The summed E-state index contributed by atoms with van der Waals surface area (Å²) in [7, 11) is 2.14. The molecule has 0 aliphatic carbocycles. The molecule has 84 valence electrons. The number of likely N-dealkylation sites (tertiary alicyclic amines) is 1. The minimum absolute atomic E-state index is 0.362. The van der Waals surface area contributed by atoms with E-state index in [2.05, 4.69) is 16.9 Å². The number of halogens is 1. The van der Waals surface area contributed by atoms with Crippen LogP contribution in [0.4, 0.5) is 0 Å². The molecule has 0 radical (unpaired) electrons. The van der Waals surface area contributed by atoms with Crippen molar-refractivity contribution in [1.29, 1.82) is 0 Å². The topological polar surface area (TPSA) is 42.1 Å². The van der Waals surface area contributed by atoms with Gasteiger partial charge in [0.15, 0.2) is 0 Å². The van der Waals surface area contributed by atoms with Gasteiger partial charge in [0.2, 0.25) is 0 Å². The highest BCUT2D eigenvalue weighted by molar-refractivity contribution is 7.15. The lowest BCUT2D eigenvalue weighted by Crippen LogP contribution is -2.39. The van der Waals surface area contributed by atoms with Crippen molar-refractivity contribution < 1.29 is 0 Å². The molecule has 2 N–H and O–H groups in total. The van der Waals surface area contributed by atoms with E-state index in [1.54, 1.807) is 17.5 Å². The van der Waals surface area contributed by atoms with Crippen LogP contribution >= 0.6 is 22.9 Å². The van der Waals surface area contributed by atoms with E-state index in [1.807, 2.05) is 0 Å². The van der Waals surface area contributed by atoms with E-state index in [-0.39, 0.29) is 0 Å². The second kappa shape index (κ2) is 4.78. The van der Waals surface area contributed by atoms with Gasteiger partial charge in [0.05, 0.1) is 12.2 Å². The molecule has 1 aromatic heterocycles. The van der Waals surface area contributed by atoms with Crippen LogP contribution in [0.3, 0.4) is 0 Å². The molecule has 2 atom stereocenters. The largest absolute Gasteiger partial charge is 0.330 e. The number of hydrogen-bond acceptors (Lipinski definition) is 4. The monoisotopic (exact) mass is 245 g/mol. The zero-order valence-corrected chi connectivity index (χ0v) is 10.4. The SMILES string of the molecule is CN1CCCC(CN)C1c1ncc(Cl)s1. The lowest BCUT2D eigenvalue weighted by molar-refractivity contribution is 0.125. The Hall–Kier alpha value is -0.160. The minimum atomic E-state index is 0.362. The van der Waals surface area contributed by atoms with Crippen LogP contribution in [0.15, 0.2) is 6.20 Å². The summed E-state index contributed by atoms with van der Waals surface area (Å²) in [5.41, 5.74) is 5.82. The van der Waals surface area contributed by atoms with Crippen LogP contribution in [0.5, 0.6) is 0 Å². The smallest absolute Gasteiger partial charge is 0.113 e. The van der Waals surface area contributed by atoms with E-state index >= 15 is 0 Å². The Morgan fingerprint density at radius 3 is 3.13 bits per heavy atom. The number of hydrogen-bond donors (Lipinski definition) is 1. The summed E-state index contributed by atoms with van der Waals surface area (Å²) in [5, 5.41) is 1.11. The van der Waals surface area contributed by atoms with Gasteiger partial charge in [0, 0.05) is 0 Å². The molecule has 1 aromatic rings. The number of nitrogens with zero attached hydrogens (tertiary/aromatic N) is 2. The molecule has 1 aliphatic rings. The Kier molecular flexibility index (Phi) is 3.61. The van der Waals surface area contributed by atoms with Gasteiger partial charge in [0.25, 0.3) is 0 Å². The van der Waals surface area contributed by atoms with Crippen LogP contribution in [0, 0.1) is 5.92 Å². The molecule has 2 rings (SSSR count). The maximum Gasteiger partial charge on any atom is 0.113 e. The zero-order valence-electron chi connectivity index (χ0n) is 8.82. The molecule has 5 heteroatoms. The van der Waals surface area contributed by atoms with Crippen LogP contribution in [0.25, 0.3) is 0 Å². The Bertz CT molecular complexity index is 328. The summed E-state index contributed by atoms with van der Waals surface area (Å²) in [5.74, 6) is 0.519. The normalized spacial score (nSPS) is 28.2. The van der Waals surface area contributed by atoms with Crippen molar-refractivity contribution in [2.24, 2.45) is 11.7 Å². The molecule has 0 bridgehead atoms. The van der Waals surface area contributed by atoms with Gasteiger partial charge in [0.1, 0.15) is 9.34 Å². The van der Waals surface area contributed by atoms with E-state index in [9.17, 15) is 0 Å². The van der Waals surface area contributed by atoms with Gasteiger partial charge in [-0.05, 0) is 38.9 Å². The Morgan fingerprint density at radius 2 is 2.53 bits per heavy atom. The maximum absolute atomic E-state index is 5.92. The second-order valence-electron chi connectivity index (χ2n) is 4.07. The molecule has 1 saturated heterocycles. The predicted molar refractivity (Wildman–Crippen MR) is 64.3 cm³/mol. The Morgan fingerprint density at radius 1 is 1.73 bits per heavy atom. The third-order valence-corrected chi connectivity index (χ3v) is 4.24. The molecule has 0 amide bonds. The lowest BCUT2D eigenvalue weighted by Gasteiger charge is -2.37. The molecule has 0 aromatic carbocycles. The van der Waals surface area contributed by atoms with Gasteiger partial charge in [-0.15, -0.1) is 11.3 Å². The van der Waals surface area contributed by atoms with Crippen molar-refractivity contribution in [2.75, 3.05) is 20.1 Å². The second-order valence-corrected chi connectivity index (χ2v) is 5.76. The van der Waals surface area contributed by atoms with E-state index < -0.39 is 0 Å². The summed E-state index contributed by atoms with van der Waals surface area (Å²) < 4.78 is 0.764. The first-order valence-electron chi connectivity index (χ1n) is 5.24. The van der Waals surface area contributed by atoms with Crippen LogP contribution in [-0.4, -0.2) is 30.0 Å². The van der Waals surface area contributed by atoms with Crippen molar-refractivity contribution in [2.45, 2.75) is 18.9 Å². The molecule has 2 heterocycles. The molecule has 0 saturated carbocycles. The number of rotatable bonds is 2. The van der Waals surface area contributed by atoms with Crippen molar-refractivity contribution in [3.63, 3.8) is 0 Å². The van der Waals surface area contributed by atoms with Gasteiger partial charge in [-0.25, -0.2) is 4.98 Å². The molecular formula is C10H16ClN3S. The molecular weight excluding hydrogens is 230 g/mol. The third-order valence-electron chi connectivity index (χ3n) is 3.06. The first kappa shape index (κ1) is 11.3. The summed E-state index contributed by atoms with van der Waals surface area (Å²) in [6.07, 6.45) is 4.16. The number of thiazole rings is 1. The van der Waals surface area contributed by atoms with Gasteiger partial charge < -0.3 is 5.73 Å². The summed E-state index contributed by atoms with van der Waals surface area (Å²) in [6, 6.07) is 0.362. The van der Waals surface area contributed by atoms with Crippen molar-refractivity contribution in [3.05, 3.63) is 15.5 Å². The molecule has 1 aliphatic heterocycles. The minimum Gasteiger partial charge on any atom is -0.330 e. The van der Waals surface area contributed by atoms with Gasteiger partial charge in [-0.2, -0.15) is 0 Å². The maximum atomic E-state index is 5.92. The van der Waals surface area contributed by atoms with Gasteiger partial charge >= 0.3 is 0 Å². The van der Waals surface area contributed by atoms with Crippen molar-refractivity contribution >= 4 is 22.9 Å². The number of piperidine rings is 1. The standard InChI is InChI=1S/C10H16ClN3S/c1-14-4-2-3-7(5-12)9(14)10-13-6-8(11)15-10/h6-7,9H,2-5,12H2,1H3. The first-order valence-corrected chi connectivity index (χ1v) is 6.43. The summed E-state index contributed by atoms with van der Waals surface area (Å²) in [4.78, 5) is 6.72. The average Bonchev–Trinajstić information content (AvgIpc) is 2.64. The summed E-state index contributed by atoms with van der Waals surface area (Å²) >= 11 is 7.50.